The summed E-state index contributed by atoms with van der Waals surface area (Å²) in [6, 6.07) is 22.8. The highest BCUT2D eigenvalue weighted by Gasteiger charge is 2.45. The molecule has 1 spiro atoms. The molecule has 1 unspecified atom stereocenters. The number of likely N-dealkylation sites (tertiary alicyclic amines) is 1. The van der Waals surface area contributed by atoms with Crippen molar-refractivity contribution in [2.45, 2.75) is 58.8 Å². The molecule has 2 heterocycles. The predicted molar refractivity (Wildman–Crippen MR) is 159 cm³/mol. The number of rotatable bonds is 4. The second-order valence-corrected chi connectivity index (χ2v) is 10.3. The van der Waals surface area contributed by atoms with E-state index in [0.717, 1.165) is 67.5 Å². The Morgan fingerprint density at radius 3 is 2.49 bits per heavy atom. The number of benzene rings is 3. The second kappa shape index (κ2) is 12.4. The highest BCUT2D eigenvalue weighted by molar-refractivity contribution is 6.15. The molecule has 194 valence electrons. The van der Waals surface area contributed by atoms with Gasteiger partial charge in [0, 0.05) is 23.2 Å². The molecule has 0 saturated carbocycles. The van der Waals surface area contributed by atoms with E-state index in [1.807, 2.05) is 24.3 Å². The van der Waals surface area contributed by atoms with Gasteiger partial charge in [-0.05, 0) is 87.6 Å². The summed E-state index contributed by atoms with van der Waals surface area (Å²) in [6.45, 7) is 12.7. The highest BCUT2D eigenvalue weighted by Crippen LogP contribution is 2.47. The lowest BCUT2D eigenvalue weighted by Crippen LogP contribution is -2.38. The van der Waals surface area contributed by atoms with Gasteiger partial charge in [-0.15, -0.1) is 0 Å². The van der Waals surface area contributed by atoms with E-state index in [1.165, 1.54) is 17.6 Å². The lowest BCUT2D eigenvalue weighted by atomic mass is 9.76. The number of hydrogen-bond acceptors (Lipinski definition) is 2. The Kier molecular flexibility index (Phi) is 9.00. The van der Waals surface area contributed by atoms with Crippen LogP contribution >= 0.6 is 0 Å². The molecule has 3 aromatic rings. The fourth-order valence-electron chi connectivity index (χ4n) is 5.76. The molecule has 1 atom stereocenters. The normalized spacial score (nSPS) is 20.1. The van der Waals surface area contributed by atoms with E-state index in [-0.39, 0.29) is 11.3 Å². The lowest BCUT2D eigenvalue weighted by Gasteiger charge is -2.29. The van der Waals surface area contributed by atoms with Gasteiger partial charge in [0.2, 0.25) is 0 Å². The van der Waals surface area contributed by atoms with E-state index in [2.05, 4.69) is 98.2 Å². The molecule has 1 amide bonds. The average molecular weight is 495 g/mol. The van der Waals surface area contributed by atoms with Crippen LogP contribution in [-0.2, 0) is 5.41 Å². The van der Waals surface area contributed by atoms with Gasteiger partial charge in [-0.3, -0.25) is 4.79 Å². The van der Waals surface area contributed by atoms with Crippen molar-refractivity contribution < 1.29 is 4.79 Å². The lowest BCUT2D eigenvalue weighted by molar-refractivity contribution is 0.0985. The maximum atomic E-state index is 13.8. The van der Waals surface area contributed by atoms with Crippen LogP contribution in [0.5, 0.6) is 0 Å². The van der Waals surface area contributed by atoms with Crippen LogP contribution in [0.2, 0.25) is 0 Å². The van der Waals surface area contributed by atoms with Gasteiger partial charge in [0.1, 0.15) is 0 Å². The largest absolute Gasteiger partial charge is 0.307 e. The topological polar surface area (TPSA) is 23.6 Å². The molecule has 1 saturated heterocycles. The van der Waals surface area contributed by atoms with Gasteiger partial charge in [-0.25, -0.2) is 0 Å². The summed E-state index contributed by atoms with van der Waals surface area (Å²) in [5, 5.41) is 2.16. The van der Waals surface area contributed by atoms with Crippen molar-refractivity contribution in [3.05, 3.63) is 102 Å². The maximum absolute atomic E-state index is 13.8. The molecule has 3 heteroatoms. The SMILES string of the molecule is C/C=C(C)\C=C/CC.CCN1CCCC2(CC1)CN(C(=O)c1cccc3ccccc13)c1ccccc12. The Labute approximate surface area is 223 Å². The van der Waals surface area contributed by atoms with Crippen LogP contribution in [0.15, 0.2) is 90.5 Å². The van der Waals surface area contributed by atoms with Crippen molar-refractivity contribution in [3.8, 4) is 0 Å². The Bertz CT molecular complexity index is 1270. The summed E-state index contributed by atoms with van der Waals surface area (Å²) < 4.78 is 0. The molecule has 0 N–H and O–H groups in total. The third kappa shape index (κ3) is 5.88. The minimum atomic E-state index is 0.0841. The third-order valence-corrected chi connectivity index (χ3v) is 8.05. The van der Waals surface area contributed by atoms with Crippen molar-refractivity contribution in [2.75, 3.05) is 31.1 Å². The molecule has 2 aliphatic heterocycles. The van der Waals surface area contributed by atoms with Gasteiger partial charge < -0.3 is 9.80 Å². The molecule has 1 fully saturated rings. The Morgan fingerprint density at radius 1 is 0.946 bits per heavy atom. The van der Waals surface area contributed by atoms with E-state index in [4.69, 9.17) is 0 Å². The summed E-state index contributed by atoms with van der Waals surface area (Å²) in [6.07, 6.45) is 11.0. The molecule has 3 nitrogen and oxygen atoms in total. The summed E-state index contributed by atoms with van der Waals surface area (Å²) in [5.74, 6) is 0.128. The summed E-state index contributed by atoms with van der Waals surface area (Å²) in [4.78, 5) is 18.4. The van der Waals surface area contributed by atoms with Crippen LogP contribution in [-0.4, -0.2) is 37.0 Å². The predicted octanol–water partition coefficient (Wildman–Crippen LogP) is 8.16. The summed E-state index contributed by atoms with van der Waals surface area (Å²) in [7, 11) is 0. The number of carbonyl (C=O) groups excluding carboxylic acids is 1. The van der Waals surface area contributed by atoms with E-state index < -0.39 is 0 Å². The third-order valence-electron chi connectivity index (χ3n) is 8.05. The van der Waals surface area contributed by atoms with Crippen molar-refractivity contribution in [1.82, 2.24) is 4.90 Å². The van der Waals surface area contributed by atoms with Crippen LogP contribution in [0.1, 0.15) is 69.3 Å². The minimum absolute atomic E-state index is 0.0841. The van der Waals surface area contributed by atoms with E-state index in [0.29, 0.717) is 0 Å². The number of amides is 1. The molecule has 0 aromatic heterocycles. The summed E-state index contributed by atoms with van der Waals surface area (Å²) in [5.41, 5.74) is 4.70. The molecule has 2 aliphatic rings. The number of para-hydroxylation sites is 1. The van der Waals surface area contributed by atoms with Gasteiger partial charge in [0.25, 0.3) is 5.91 Å². The Hall–Kier alpha value is -3.17. The molecular weight excluding hydrogens is 452 g/mol. The van der Waals surface area contributed by atoms with E-state index >= 15 is 0 Å². The van der Waals surface area contributed by atoms with E-state index in [9.17, 15) is 4.79 Å². The van der Waals surface area contributed by atoms with Crippen LogP contribution in [0.25, 0.3) is 10.8 Å². The molecule has 3 aromatic carbocycles. The zero-order chi connectivity index (χ0) is 26.3. The number of hydrogen-bond donors (Lipinski definition) is 0. The zero-order valence-corrected chi connectivity index (χ0v) is 23.0. The number of nitrogens with zero attached hydrogens (tertiary/aromatic N) is 2. The first-order valence-electron chi connectivity index (χ1n) is 13.9. The van der Waals surface area contributed by atoms with Crippen LogP contribution in [0, 0.1) is 0 Å². The van der Waals surface area contributed by atoms with E-state index in [1.54, 1.807) is 0 Å². The first kappa shape index (κ1) is 26.9. The van der Waals surface area contributed by atoms with Crippen molar-refractivity contribution in [3.63, 3.8) is 0 Å². The molecule has 37 heavy (non-hydrogen) atoms. The zero-order valence-electron chi connectivity index (χ0n) is 23.0. The monoisotopic (exact) mass is 494 g/mol. The van der Waals surface area contributed by atoms with Gasteiger partial charge >= 0.3 is 0 Å². The van der Waals surface area contributed by atoms with Crippen molar-refractivity contribution in [1.29, 1.82) is 0 Å². The highest BCUT2D eigenvalue weighted by atomic mass is 16.2. The molecule has 0 aliphatic carbocycles. The quantitative estimate of drug-likeness (QED) is 0.342. The van der Waals surface area contributed by atoms with Gasteiger partial charge in [-0.1, -0.05) is 92.2 Å². The number of fused-ring (bicyclic) bond motifs is 3. The Morgan fingerprint density at radius 2 is 1.70 bits per heavy atom. The fraction of sp³-hybridized carbons (Fsp3) is 0.382. The van der Waals surface area contributed by atoms with Crippen molar-refractivity contribution in [2.24, 2.45) is 0 Å². The molecule has 0 bridgehead atoms. The van der Waals surface area contributed by atoms with Crippen LogP contribution < -0.4 is 4.90 Å². The maximum Gasteiger partial charge on any atom is 0.258 e. The fourth-order valence-corrected chi connectivity index (χ4v) is 5.76. The number of carbonyl (C=O) groups is 1. The standard InChI is InChI=1S/C26H28N2O.C8H14/c1-2-27-17-8-15-26(16-18-27)19-28(24-14-6-5-13-23(24)26)25(29)22-12-7-10-20-9-3-4-11-21(20)22;1-4-6-7-8(3)5-2/h3-7,9-14H,2,8,15-19H2,1H3;5-7H,4H2,1-3H3/b;7-6-,8-5-. The first-order chi connectivity index (χ1) is 18.0. The average Bonchev–Trinajstić information content (AvgIpc) is 3.11. The van der Waals surface area contributed by atoms with Crippen LogP contribution in [0.3, 0.4) is 0 Å². The second-order valence-electron chi connectivity index (χ2n) is 10.3. The molecular formula is C34H42N2O. The van der Waals surface area contributed by atoms with Crippen LogP contribution in [0.4, 0.5) is 5.69 Å². The van der Waals surface area contributed by atoms with Crippen molar-refractivity contribution >= 4 is 22.4 Å². The van der Waals surface area contributed by atoms with Gasteiger partial charge in [0.15, 0.2) is 0 Å². The smallest absolute Gasteiger partial charge is 0.258 e. The molecule has 5 rings (SSSR count). The first-order valence-corrected chi connectivity index (χ1v) is 13.9. The Balaban J connectivity index is 0.000000349. The van der Waals surface area contributed by atoms with Gasteiger partial charge in [-0.2, -0.15) is 0 Å². The van der Waals surface area contributed by atoms with Gasteiger partial charge in [0.05, 0.1) is 0 Å². The summed E-state index contributed by atoms with van der Waals surface area (Å²) >= 11 is 0. The number of allylic oxidation sites excluding steroid dienone is 4. The minimum Gasteiger partial charge on any atom is -0.307 e. The molecule has 0 radical (unpaired) electrons. The number of anilines is 1.